The van der Waals surface area contributed by atoms with E-state index in [2.05, 4.69) is 5.32 Å². The van der Waals surface area contributed by atoms with E-state index in [0.717, 1.165) is 11.1 Å². The maximum absolute atomic E-state index is 13.7. The number of fused-ring (bicyclic) bond motifs is 3. The summed E-state index contributed by atoms with van der Waals surface area (Å²) in [5.41, 5.74) is 1.21. The van der Waals surface area contributed by atoms with Crippen LogP contribution in [-0.2, 0) is 36.9 Å². The van der Waals surface area contributed by atoms with Gasteiger partial charge in [-0.3, -0.25) is 9.69 Å². The van der Waals surface area contributed by atoms with E-state index < -0.39 is 47.7 Å². The highest BCUT2D eigenvalue weighted by atomic mass is 16.6. The number of carbonyl (C=O) groups is 4. The van der Waals surface area contributed by atoms with E-state index in [4.69, 9.17) is 18.9 Å². The summed E-state index contributed by atoms with van der Waals surface area (Å²) in [5.74, 6) is -0.387. The van der Waals surface area contributed by atoms with Gasteiger partial charge in [-0.2, -0.15) is 0 Å². The van der Waals surface area contributed by atoms with Crippen molar-refractivity contribution in [3.63, 3.8) is 0 Å². The zero-order chi connectivity index (χ0) is 28.2. The molecule has 11 heteroatoms. The fourth-order valence-corrected chi connectivity index (χ4v) is 5.02. The van der Waals surface area contributed by atoms with E-state index in [-0.39, 0.29) is 19.6 Å². The molecule has 1 saturated heterocycles. The van der Waals surface area contributed by atoms with Gasteiger partial charge in [0.15, 0.2) is 0 Å². The number of nitrogens with zero attached hydrogens (tertiary/aromatic N) is 2. The molecule has 1 N–H and O–H groups in total. The smallest absolute Gasteiger partial charge is 0.410 e. The van der Waals surface area contributed by atoms with Gasteiger partial charge in [-0.1, -0.05) is 45.1 Å². The molecule has 3 atom stereocenters. The lowest BCUT2D eigenvalue weighted by atomic mass is 9.85. The van der Waals surface area contributed by atoms with Gasteiger partial charge in [0.2, 0.25) is 5.91 Å². The molecule has 0 spiro atoms. The van der Waals surface area contributed by atoms with Crippen molar-refractivity contribution in [3.05, 3.63) is 41.5 Å². The number of methoxy groups -OCH3 is 1. The van der Waals surface area contributed by atoms with Gasteiger partial charge in [-0.05, 0) is 29.9 Å². The van der Waals surface area contributed by atoms with Gasteiger partial charge >= 0.3 is 18.2 Å². The zero-order valence-electron chi connectivity index (χ0n) is 22.9. The van der Waals surface area contributed by atoms with Crippen LogP contribution in [0.5, 0.6) is 5.75 Å². The van der Waals surface area contributed by atoms with Crippen molar-refractivity contribution >= 4 is 24.1 Å². The third kappa shape index (κ3) is 6.63. The minimum absolute atomic E-state index is 0.00549. The van der Waals surface area contributed by atoms with Crippen LogP contribution in [0.15, 0.2) is 30.4 Å². The van der Waals surface area contributed by atoms with Crippen molar-refractivity contribution in [1.82, 2.24) is 15.1 Å². The Balaban J connectivity index is 1.58. The maximum atomic E-state index is 13.7. The van der Waals surface area contributed by atoms with Crippen molar-refractivity contribution in [2.24, 2.45) is 5.41 Å². The van der Waals surface area contributed by atoms with Gasteiger partial charge in [0.25, 0.3) is 0 Å². The van der Waals surface area contributed by atoms with Gasteiger partial charge in [0, 0.05) is 18.5 Å². The number of allylic oxidation sites excluding steroid dienone is 1. The van der Waals surface area contributed by atoms with Crippen LogP contribution in [0.25, 0.3) is 0 Å². The lowest BCUT2D eigenvalue weighted by Gasteiger charge is -2.34. The molecule has 0 radical (unpaired) electrons. The zero-order valence-corrected chi connectivity index (χ0v) is 22.9. The summed E-state index contributed by atoms with van der Waals surface area (Å²) in [4.78, 5) is 55.0. The number of alkyl carbamates (subject to hydrolysis) is 1. The molecular weight excluding hydrogens is 506 g/mol. The van der Waals surface area contributed by atoms with Crippen molar-refractivity contribution in [2.45, 2.75) is 71.3 Å². The summed E-state index contributed by atoms with van der Waals surface area (Å²) in [5, 5.41) is 2.67. The summed E-state index contributed by atoms with van der Waals surface area (Å²) in [6.07, 6.45) is 3.24. The monoisotopic (exact) mass is 543 g/mol. The molecule has 3 amide bonds. The van der Waals surface area contributed by atoms with Crippen molar-refractivity contribution < 1.29 is 38.1 Å². The van der Waals surface area contributed by atoms with Crippen LogP contribution in [0, 0.1) is 5.41 Å². The Morgan fingerprint density at radius 1 is 1.10 bits per heavy atom. The second-order valence-corrected chi connectivity index (χ2v) is 11.0. The molecule has 4 bridgehead atoms. The number of benzene rings is 1. The van der Waals surface area contributed by atoms with Crippen molar-refractivity contribution in [1.29, 1.82) is 0 Å². The number of ether oxygens (including phenoxy) is 4. The number of esters is 1. The molecule has 3 aliphatic rings. The second kappa shape index (κ2) is 12.0. The van der Waals surface area contributed by atoms with Gasteiger partial charge < -0.3 is 29.2 Å². The first-order valence-corrected chi connectivity index (χ1v) is 13.2. The van der Waals surface area contributed by atoms with Crippen LogP contribution >= 0.6 is 0 Å². The first kappa shape index (κ1) is 28.3. The fraction of sp³-hybridized carbons (Fsp3) is 0.571. The largest absolute Gasteiger partial charge is 0.489 e. The SMILES string of the molecule is COC(=O)C1C[C@@H]2CN1C(=O)[C@H](C(C)(C)C)NC(=O)OCCC/C=C/COc1cccc3c1CN(C3)C(=O)O2. The molecule has 212 valence electrons. The molecule has 11 nitrogen and oxygen atoms in total. The highest BCUT2D eigenvalue weighted by molar-refractivity contribution is 5.91. The predicted octanol–water partition coefficient (Wildman–Crippen LogP) is 3.15. The number of hydrogen-bond donors (Lipinski definition) is 1. The van der Waals surface area contributed by atoms with Crippen LogP contribution in [0.3, 0.4) is 0 Å². The minimum atomic E-state index is -0.982. The molecule has 0 aromatic heterocycles. The van der Waals surface area contributed by atoms with Crippen LogP contribution < -0.4 is 10.1 Å². The summed E-state index contributed by atoms with van der Waals surface area (Å²) >= 11 is 0. The Morgan fingerprint density at radius 2 is 1.90 bits per heavy atom. The molecule has 1 aromatic carbocycles. The average Bonchev–Trinajstić information content (AvgIpc) is 3.52. The number of cyclic esters (lactones) is 1. The molecule has 39 heavy (non-hydrogen) atoms. The summed E-state index contributed by atoms with van der Waals surface area (Å²) in [7, 11) is 1.24. The molecule has 0 aliphatic carbocycles. The second-order valence-electron chi connectivity index (χ2n) is 11.0. The maximum Gasteiger partial charge on any atom is 0.410 e. The molecule has 4 rings (SSSR count). The molecule has 0 saturated carbocycles. The highest BCUT2D eigenvalue weighted by Gasteiger charge is 2.47. The fourth-order valence-electron chi connectivity index (χ4n) is 5.02. The van der Waals surface area contributed by atoms with Gasteiger partial charge in [0.1, 0.15) is 30.5 Å². The topological polar surface area (TPSA) is 124 Å². The quantitative estimate of drug-likeness (QED) is 0.326. The van der Waals surface area contributed by atoms with E-state index in [9.17, 15) is 19.2 Å². The predicted molar refractivity (Wildman–Crippen MR) is 140 cm³/mol. The van der Waals surface area contributed by atoms with Crippen LogP contribution in [-0.4, -0.2) is 78.9 Å². The van der Waals surface area contributed by atoms with Crippen LogP contribution in [0.2, 0.25) is 0 Å². The summed E-state index contributed by atoms with van der Waals surface area (Å²) < 4.78 is 22.0. The lowest BCUT2D eigenvalue weighted by molar-refractivity contribution is -0.152. The molecular formula is C28H37N3O8. The normalized spacial score (nSPS) is 25.5. The Morgan fingerprint density at radius 3 is 2.64 bits per heavy atom. The summed E-state index contributed by atoms with van der Waals surface area (Å²) in [6.45, 7) is 6.67. The average molecular weight is 544 g/mol. The molecule has 1 fully saturated rings. The number of amides is 3. The molecule has 1 aromatic rings. The number of hydrogen-bond acceptors (Lipinski definition) is 8. The third-order valence-electron chi connectivity index (χ3n) is 7.11. The van der Waals surface area contributed by atoms with Gasteiger partial charge in [-0.15, -0.1) is 0 Å². The Kier molecular flexibility index (Phi) is 8.66. The Hall–Kier alpha value is -3.76. The molecule has 3 aliphatic heterocycles. The lowest BCUT2D eigenvalue weighted by Crippen LogP contribution is -2.57. The van der Waals surface area contributed by atoms with E-state index in [1.807, 2.05) is 51.1 Å². The van der Waals surface area contributed by atoms with E-state index in [1.165, 1.54) is 12.0 Å². The minimum Gasteiger partial charge on any atom is -0.489 e. The number of rotatable bonds is 1. The van der Waals surface area contributed by atoms with Crippen LogP contribution in [0.1, 0.15) is 51.2 Å². The van der Waals surface area contributed by atoms with Gasteiger partial charge in [0.05, 0.1) is 26.8 Å². The Labute approximate surface area is 228 Å². The third-order valence-corrected chi connectivity index (χ3v) is 7.11. The summed E-state index contributed by atoms with van der Waals surface area (Å²) in [6, 6.07) is 3.78. The van der Waals surface area contributed by atoms with Crippen molar-refractivity contribution in [2.75, 3.05) is 26.9 Å². The highest BCUT2D eigenvalue weighted by Crippen LogP contribution is 2.33. The van der Waals surface area contributed by atoms with Crippen LogP contribution in [0.4, 0.5) is 9.59 Å². The van der Waals surface area contributed by atoms with E-state index >= 15 is 0 Å². The standard InChI is InChI=1S/C28H37N3O8/c1-28(2,3)23-24(32)31-16-19(14-21(31)25(33)36-4)39-27(35)30-15-18-10-9-11-22(20(18)17-30)37-12-7-5-6-8-13-38-26(34)29-23/h5,7,9-11,19,21,23H,6,8,12-17H2,1-4H3,(H,29,34)/b7-5+/t19-,21?,23-/m1/s1. The number of carbonyl (C=O) groups excluding carboxylic acids is 4. The molecule has 3 heterocycles. The van der Waals surface area contributed by atoms with E-state index in [0.29, 0.717) is 38.3 Å². The van der Waals surface area contributed by atoms with Crippen molar-refractivity contribution in [3.8, 4) is 5.75 Å². The van der Waals surface area contributed by atoms with Gasteiger partial charge in [-0.25, -0.2) is 14.4 Å². The first-order valence-electron chi connectivity index (χ1n) is 13.2. The first-order chi connectivity index (χ1) is 18.6. The Bertz CT molecular complexity index is 1130. The van der Waals surface area contributed by atoms with E-state index in [1.54, 1.807) is 4.90 Å². The number of nitrogens with one attached hydrogen (secondary N) is 1. The molecule has 1 unspecified atom stereocenters.